The molecular weight excluding hydrogens is 184 g/mol. The van der Waals surface area contributed by atoms with Crippen LogP contribution in [0, 0.1) is 20.8 Å². The largest absolute Gasteiger partial charge is 0.384 e. The highest BCUT2D eigenvalue weighted by Crippen LogP contribution is 2.25. The van der Waals surface area contributed by atoms with Gasteiger partial charge in [0, 0.05) is 13.0 Å². The van der Waals surface area contributed by atoms with Crippen LogP contribution < -0.4 is 0 Å². The van der Waals surface area contributed by atoms with Crippen molar-refractivity contribution in [3.63, 3.8) is 0 Å². The predicted molar refractivity (Wildman–Crippen MR) is 65.6 cm³/mol. The van der Waals surface area contributed by atoms with Crippen molar-refractivity contribution in [3.05, 3.63) is 34.4 Å². The molecule has 1 aromatic carbocycles. The number of rotatable bonds is 4. The molecule has 84 valence electrons. The van der Waals surface area contributed by atoms with Gasteiger partial charge in [-0.3, -0.25) is 0 Å². The van der Waals surface area contributed by atoms with Gasteiger partial charge in [-0.15, -0.1) is 0 Å². The minimum atomic E-state index is 0.536. The van der Waals surface area contributed by atoms with E-state index in [0.29, 0.717) is 5.92 Å². The normalized spacial score (nSPS) is 12.9. The summed E-state index contributed by atoms with van der Waals surface area (Å²) in [5, 5.41) is 0. The van der Waals surface area contributed by atoms with Gasteiger partial charge in [-0.1, -0.05) is 19.1 Å². The molecule has 0 radical (unpaired) electrons. The molecule has 1 aromatic rings. The molecule has 1 heteroatoms. The summed E-state index contributed by atoms with van der Waals surface area (Å²) in [6.45, 7) is 9.58. The number of methoxy groups -OCH3 is 1. The van der Waals surface area contributed by atoms with Crippen LogP contribution >= 0.6 is 0 Å². The molecule has 1 atom stereocenters. The van der Waals surface area contributed by atoms with Gasteiger partial charge in [0.05, 0.1) is 6.61 Å². The lowest BCUT2D eigenvalue weighted by Crippen LogP contribution is -2.07. The van der Waals surface area contributed by atoms with Crippen molar-refractivity contribution in [1.29, 1.82) is 0 Å². The molecule has 0 amide bonds. The maximum Gasteiger partial charge on any atom is 0.0530 e. The second kappa shape index (κ2) is 5.32. The van der Waals surface area contributed by atoms with Crippen molar-refractivity contribution in [3.8, 4) is 0 Å². The van der Waals surface area contributed by atoms with E-state index in [2.05, 4.69) is 39.8 Å². The van der Waals surface area contributed by atoms with Crippen molar-refractivity contribution in [2.75, 3.05) is 13.7 Å². The maximum absolute atomic E-state index is 5.27. The topological polar surface area (TPSA) is 9.23 Å². The number of hydrogen-bond donors (Lipinski definition) is 0. The monoisotopic (exact) mass is 206 g/mol. The van der Waals surface area contributed by atoms with Crippen LogP contribution in [0.15, 0.2) is 12.1 Å². The van der Waals surface area contributed by atoms with Gasteiger partial charge < -0.3 is 4.74 Å². The first kappa shape index (κ1) is 12.3. The minimum Gasteiger partial charge on any atom is -0.384 e. The van der Waals surface area contributed by atoms with Crippen LogP contribution in [-0.2, 0) is 4.74 Å². The molecule has 0 saturated carbocycles. The zero-order valence-corrected chi connectivity index (χ0v) is 10.6. The van der Waals surface area contributed by atoms with Gasteiger partial charge in [0.2, 0.25) is 0 Å². The van der Waals surface area contributed by atoms with Gasteiger partial charge in [0.15, 0.2) is 0 Å². The van der Waals surface area contributed by atoms with Crippen LogP contribution in [0.25, 0.3) is 0 Å². The van der Waals surface area contributed by atoms with Crippen molar-refractivity contribution < 1.29 is 4.74 Å². The van der Waals surface area contributed by atoms with Gasteiger partial charge >= 0.3 is 0 Å². The first-order valence-electron chi connectivity index (χ1n) is 5.66. The summed E-state index contributed by atoms with van der Waals surface area (Å²) >= 11 is 0. The molecule has 0 bridgehead atoms. The van der Waals surface area contributed by atoms with Crippen molar-refractivity contribution in [2.45, 2.75) is 40.0 Å². The number of ether oxygens (including phenoxy) is 1. The highest BCUT2D eigenvalue weighted by molar-refractivity contribution is 5.38. The summed E-state index contributed by atoms with van der Waals surface area (Å²) in [6.07, 6.45) is 1.14. The fraction of sp³-hybridized carbons (Fsp3) is 0.571. The zero-order valence-electron chi connectivity index (χ0n) is 10.6. The van der Waals surface area contributed by atoms with E-state index < -0.39 is 0 Å². The predicted octanol–water partition coefficient (Wildman–Crippen LogP) is 3.75. The highest BCUT2D eigenvalue weighted by Gasteiger charge is 2.12. The first-order valence-corrected chi connectivity index (χ1v) is 5.66. The number of aryl methyl sites for hydroxylation is 3. The first-order chi connectivity index (χ1) is 7.10. The fourth-order valence-corrected chi connectivity index (χ4v) is 2.05. The molecule has 0 aliphatic rings. The molecule has 15 heavy (non-hydrogen) atoms. The summed E-state index contributed by atoms with van der Waals surface area (Å²) in [6, 6.07) is 4.60. The highest BCUT2D eigenvalue weighted by atomic mass is 16.5. The lowest BCUT2D eigenvalue weighted by atomic mass is 9.90. The van der Waals surface area contributed by atoms with Crippen LogP contribution in [0.3, 0.4) is 0 Å². The Morgan fingerprint density at radius 1 is 1.07 bits per heavy atom. The Balaban J connectivity index is 3.06. The Bertz CT molecular complexity index is 328. The maximum atomic E-state index is 5.27. The van der Waals surface area contributed by atoms with Gasteiger partial charge in [-0.05, 0) is 49.4 Å². The number of benzene rings is 1. The van der Waals surface area contributed by atoms with E-state index in [-0.39, 0.29) is 0 Å². The molecule has 0 saturated heterocycles. The summed E-state index contributed by atoms with van der Waals surface area (Å²) < 4.78 is 5.27. The standard InChI is InChI=1S/C14H22O/c1-6-13(9-15-5)14-8-11(3)10(2)7-12(14)4/h7-8,13H,6,9H2,1-5H3. The quantitative estimate of drug-likeness (QED) is 0.729. The minimum absolute atomic E-state index is 0.536. The molecule has 0 N–H and O–H groups in total. The average molecular weight is 206 g/mol. The molecule has 0 aliphatic heterocycles. The second-order valence-electron chi connectivity index (χ2n) is 4.35. The SMILES string of the molecule is CCC(COC)c1cc(C)c(C)cc1C. The molecule has 1 nitrogen and oxygen atoms in total. The fourth-order valence-electron chi connectivity index (χ4n) is 2.05. The van der Waals surface area contributed by atoms with Crippen LogP contribution in [-0.4, -0.2) is 13.7 Å². The zero-order chi connectivity index (χ0) is 11.4. The summed E-state index contributed by atoms with van der Waals surface area (Å²) in [7, 11) is 1.78. The molecule has 0 aromatic heterocycles. The van der Waals surface area contributed by atoms with E-state index in [1.807, 2.05) is 0 Å². The molecule has 1 unspecified atom stereocenters. The Kier molecular flexibility index (Phi) is 4.34. The third-order valence-corrected chi connectivity index (χ3v) is 3.18. The third kappa shape index (κ3) is 2.82. The lowest BCUT2D eigenvalue weighted by Gasteiger charge is -2.18. The molecule has 0 spiro atoms. The Morgan fingerprint density at radius 2 is 1.67 bits per heavy atom. The average Bonchev–Trinajstić information content (AvgIpc) is 2.20. The number of hydrogen-bond acceptors (Lipinski definition) is 1. The smallest absolute Gasteiger partial charge is 0.0530 e. The van der Waals surface area contributed by atoms with Crippen molar-refractivity contribution >= 4 is 0 Å². The van der Waals surface area contributed by atoms with Crippen LogP contribution in [0.4, 0.5) is 0 Å². The molecular formula is C14H22O. The summed E-state index contributed by atoms with van der Waals surface area (Å²) in [5.74, 6) is 0.536. The van der Waals surface area contributed by atoms with Gasteiger partial charge in [-0.2, -0.15) is 0 Å². The van der Waals surface area contributed by atoms with Crippen LogP contribution in [0.5, 0.6) is 0 Å². The third-order valence-electron chi connectivity index (χ3n) is 3.18. The van der Waals surface area contributed by atoms with Gasteiger partial charge in [0.1, 0.15) is 0 Å². The van der Waals surface area contributed by atoms with E-state index in [4.69, 9.17) is 4.74 Å². The summed E-state index contributed by atoms with van der Waals surface area (Å²) in [5.41, 5.74) is 5.60. The van der Waals surface area contributed by atoms with E-state index in [1.54, 1.807) is 7.11 Å². The second-order valence-corrected chi connectivity index (χ2v) is 4.35. The van der Waals surface area contributed by atoms with Crippen LogP contribution in [0.2, 0.25) is 0 Å². The van der Waals surface area contributed by atoms with Crippen molar-refractivity contribution in [1.82, 2.24) is 0 Å². The van der Waals surface area contributed by atoms with E-state index >= 15 is 0 Å². The molecule has 0 fully saturated rings. The molecule has 1 rings (SSSR count). The molecule has 0 heterocycles. The van der Waals surface area contributed by atoms with Gasteiger partial charge in [-0.25, -0.2) is 0 Å². The van der Waals surface area contributed by atoms with Crippen LogP contribution in [0.1, 0.15) is 41.5 Å². The lowest BCUT2D eigenvalue weighted by molar-refractivity contribution is 0.177. The van der Waals surface area contributed by atoms with E-state index in [1.165, 1.54) is 22.3 Å². The van der Waals surface area contributed by atoms with Gasteiger partial charge in [0.25, 0.3) is 0 Å². The Morgan fingerprint density at radius 3 is 2.20 bits per heavy atom. The summed E-state index contributed by atoms with van der Waals surface area (Å²) in [4.78, 5) is 0. The van der Waals surface area contributed by atoms with E-state index in [0.717, 1.165) is 13.0 Å². The Labute approximate surface area is 93.5 Å². The van der Waals surface area contributed by atoms with E-state index in [9.17, 15) is 0 Å². The Hall–Kier alpha value is -0.820. The van der Waals surface area contributed by atoms with Crippen molar-refractivity contribution in [2.24, 2.45) is 0 Å². The molecule has 0 aliphatic carbocycles.